The van der Waals surface area contributed by atoms with E-state index in [1.807, 2.05) is 0 Å². The lowest BCUT2D eigenvalue weighted by Gasteiger charge is -2.20. The lowest BCUT2D eigenvalue weighted by Crippen LogP contribution is -2.21. The molecule has 1 nitrogen and oxygen atoms in total. The van der Waals surface area contributed by atoms with Crippen molar-refractivity contribution in [2.24, 2.45) is 17.6 Å². The van der Waals surface area contributed by atoms with Crippen molar-refractivity contribution >= 4 is 0 Å². The highest BCUT2D eigenvalue weighted by Crippen LogP contribution is 2.20. The Morgan fingerprint density at radius 3 is 2.00 bits per heavy atom. The Morgan fingerprint density at radius 1 is 1.09 bits per heavy atom. The third-order valence-electron chi connectivity index (χ3n) is 2.46. The van der Waals surface area contributed by atoms with Crippen LogP contribution in [0, 0.1) is 11.8 Å². The molecule has 0 rings (SSSR count). The normalized spacial score (nSPS) is 19.4. The van der Waals surface area contributed by atoms with E-state index in [1.165, 1.54) is 19.3 Å². The summed E-state index contributed by atoms with van der Waals surface area (Å²) in [5, 5.41) is 0. The fourth-order valence-electron chi connectivity index (χ4n) is 1.56. The maximum absolute atomic E-state index is 5.73. The average molecular weight is 157 g/mol. The molecule has 3 unspecified atom stereocenters. The minimum Gasteiger partial charge on any atom is -0.328 e. The smallest absolute Gasteiger partial charge is 0.00131 e. The second-order valence-electron chi connectivity index (χ2n) is 3.96. The van der Waals surface area contributed by atoms with Gasteiger partial charge in [-0.1, -0.05) is 33.6 Å². The van der Waals surface area contributed by atoms with Crippen molar-refractivity contribution in [3.05, 3.63) is 0 Å². The summed E-state index contributed by atoms with van der Waals surface area (Å²) in [5.74, 6) is 1.63. The first-order valence-corrected chi connectivity index (χ1v) is 4.83. The van der Waals surface area contributed by atoms with Crippen LogP contribution in [0.15, 0.2) is 0 Å². The lowest BCUT2D eigenvalue weighted by molar-refractivity contribution is 0.325. The second kappa shape index (κ2) is 5.59. The van der Waals surface area contributed by atoms with Gasteiger partial charge in [-0.2, -0.15) is 0 Å². The van der Waals surface area contributed by atoms with Gasteiger partial charge in [-0.05, 0) is 25.2 Å². The second-order valence-corrected chi connectivity index (χ2v) is 3.96. The Balaban J connectivity index is 3.54. The maximum atomic E-state index is 5.73. The van der Waals surface area contributed by atoms with Gasteiger partial charge in [0.1, 0.15) is 0 Å². The molecule has 68 valence electrons. The van der Waals surface area contributed by atoms with Gasteiger partial charge in [0.05, 0.1) is 0 Å². The highest BCUT2D eigenvalue weighted by Gasteiger charge is 2.12. The molecule has 0 saturated heterocycles. The molecule has 0 aliphatic carbocycles. The van der Waals surface area contributed by atoms with E-state index in [2.05, 4.69) is 27.7 Å². The first kappa shape index (κ1) is 11.0. The zero-order chi connectivity index (χ0) is 8.85. The van der Waals surface area contributed by atoms with Crippen molar-refractivity contribution in [3.63, 3.8) is 0 Å². The van der Waals surface area contributed by atoms with Crippen molar-refractivity contribution in [2.75, 3.05) is 0 Å². The van der Waals surface area contributed by atoms with Gasteiger partial charge in [0.15, 0.2) is 0 Å². The molecule has 0 aliphatic rings. The van der Waals surface area contributed by atoms with Crippen LogP contribution in [0.1, 0.15) is 47.0 Å². The summed E-state index contributed by atoms with van der Waals surface area (Å²) in [5.41, 5.74) is 5.73. The Labute approximate surface area is 71.4 Å². The van der Waals surface area contributed by atoms with E-state index in [4.69, 9.17) is 5.73 Å². The van der Waals surface area contributed by atoms with Gasteiger partial charge in [0, 0.05) is 6.04 Å². The number of hydrogen-bond donors (Lipinski definition) is 1. The Bertz CT molecular complexity index is 88.9. The maximum Gasteiger partial charge on any atom is 0.00131 e. The molecular weight excluding hydrogens is 134 g/mol. The van der Waals surface area contributed by atoms with Crippen LogP contribution in [0.25, 0.3) is 0 Å². The molecule has 0 aromatic rings. The van der Waals surface area contributed by atoms with Crippen LogP contribution in [-0.2, 0) is 0 Å². The summed E-state index contributed by atoms with van der Waals surface area (Å²) >= 11 is 0. The summed E-state index contributed by atoms with van der Waals surface area (Å²) in [6.45, 7) is 8.98. The van der Waals surface area contributed by atoms with Crippen molar-refractivity contribution in [2.45, 2.75) is 53.0 Å². The molecule has 11 heavy (non-hydrogen) atoms. The van der Waals surface area contributed by atoms with Gasteiger partial charge in [-0.15, -0.1) is 0 Å². The van der Waals surface area contributed by atoms with Crippen LogP contribution in [0.5, 0.6) is 0 Å². The number of hydrogen-bond acceptors (Lipinski definition) is 1. The molecule has 0 aromatic heterocycles. The molecule has 0 aliphatic heterocycles. The molecule has 0 aromatic carbocycles. The molecule has 3 atom stereocenters. The SMILES string of the molecule is CCCC(C)C(C)CC(C)N. The molecule has 0 heterocycles. The molecule has 2 N–H and O–H groups in total. The summed E-state index contributed by atoms with van der Waals surface area (Å²) in [7, 11) is 0. The van der Waals surface area contributed by atoms with E-state index in [0.29, 0.717) is 6.04 Å². The van der Waals surface area contributed by atoms with Crippen LogP contribution in [0.2, 0.25) is 0 Å². The zero-order valence-electron chi connectivity index (χ0n) is 8.43. The molecular formula is C10H23N. The van der Waals surface area contributed by atoms with Crippen LogP contribution in [-0.4, -0.2) is 6.04 Å². The van der Waals surface area contributed by atoms with Gasteiger partial charge in [-0.25, -0.2) is 0 Å². The van der Waals surface area contributed by atoms with Crippen molar-refractivity contribution < 1.29 is 0 Å². The lowest BCUT2D eigenvalue weighted by atomic mass is 9.87. The number of nitrogens with two attached hydrogens (primary N) is 1. The van der Waals surface area contributed by atoms with Crippen LogP contribution in [0.3, 0.4) is 0 Å². The monoisotopic (exact) mass is 157 g/mol. The predicted molar refractivity (Wildman–Crippen MR) is 51.5 cm³/mol. The van der Waals surface area contributed by atoms with Crippen molar-refractivity contribution in [1.82, 2.24) is 0 Å². The Kier molecular flexibility index (Phi) is 5.57. The van der Waals surface area contributed by atoms with E-state index in [1.54, 1.807) is 0 Å². The predicted octanol–water partition coefficient (Wildman–Crippen LogP) is 2.80. The molecule has 1 heteroatoms. The fourth-order valence-corrected chi connectivity index (χ4v) is 1.56. The Hall–Kier alpha value is -0.0400. The molecule has 0 radical (unpaired) electrons. The largest absolute Gasteiger partial charge is 0.328 e. The topological polar surface area (TPSA) is 26.0 Å². The molecule has 0 amide bonds. The summed E-state index contributed by atoms with van der Waals surface area (Å²) in [4.78, 5) is 0. The summed E-state index contributed by atoms with van der Waals surface area (Å²) in [6.07, 6.45) is 3.81. The number of rotatable bonds is 5. The van der Waals surface area contributed by atoms with Gasteiger partial charge in [0.25, 0.3) is 0 Å². The van der Waals surface area contributed by atoms with E-state index in [9.17, 15) is 0 Å². The average Bonchev–Trinajstić information content (AvgIpc) is 1.86. The highest BCUT2D eigenvalue weighted by atomic mass is 14.6. The van der Waals surface area contributed by atoms with Gasteiger partial charge in [0.2, 0.25) is 0 Å². The third-order valence-corrected chi connectivity index (χ3v) is 2.46. The van der Waals surface area contributed by atoms with E-state index < -0.39 is 0 Å². The molecule has 0 fully saturated rings. The van der Waals surface area contributed by atoms with Gasteiger partial charge < -0.3 is 5.73 Å². The highest BCUT2D eigenvalue weighted by molar-refractivity contribution is 4.66. The fraction of sp³-hybridized carbons (Fsp3) is 1.00. The van der Waals surface area contributed by atoms with E-state index in [0.717, 1.165) is 11.8 Å². The summed E-state index contributed by atoms with van der Waals surface area (Å²) in [6, 6.07) is 0.365. The first-order chi connectivity index (χ1) is 5.07. The van der Waals surface area contributed by atoms with E-state index in [-0.39, 0.29) is 0 Å². The van der Waals surface area contributed by atoms with Crippen LogP contribution >= 0.6 is 0 Å². The van der Waals surface area contributed by atoms with Crippen LogP contribution in [0.4, 0.5) is 0 Å². The van der Waals surface area contributed by atoms with E-state index >= 15 is 0 Å². The van der Waals surface area contributed by atoms with Gasteiger partial charge >= 0.3 is 0 Å². The quantitative estimate of drug-likeness (QED) is 0.652. The van der Waals surface area contributed by atoms with Crippen molar-refractivity contribution in [3.8, 4) is 0 Å². The Morgan fingerprint density at radius 2 is 1.64 bits per heavy atom. The third kappa shape index (κ3) is 5.25. The minimum atomic E-state index is 0.365. The zero-order valence-corrected chi connectivity index (χ0v) is 8.43. The minimum absolute atomic E-state index is 0.365. The molecule has 0 saturated carbocycles. The summed E-state index contributed by atoms with van der Waals surface area (Å²) < 4.78 is 0. The van der Waals surface area contributed by atoms with Crippen molar-refractivity contribution in [1.29, 1.82) is 0 Å². The van der Waals surface area contributed by atoms with Gasteiger partial charge in [-0.3, -0.25) is 0 Å². The molecule has 0 spiro atoms. The first-order valence-electron chi connectivity index (χ1n) is 4.83. The standard InChI is InChI=1S/C10H23N/c1-5-6-8(2)9(3)7-10(4)11/h8-10H,5-7,11H2,1-4H3. The van der Waals surface area contributed by atoms with Crippen LogP contribution < -0.4 is 5.73 Å². The molecule has 0 bridgehead atoms.